The molecule has 6 heteroatoms. The van der Waals surface area contributed by atoms with Gasteiger partial charge in [-0.2, -0.15) is 5.10 Å². The molecule has 6 nitrogen and oxygen atoms in total. The van der Waals surface area contributed by atoms with E-state index in [0.29, 0.717) is 12.2 Å². The lowest BCUT2D eigenvalue weighted by Gasteiger charge is -2.12. The number of hydrogen-bond donors (Lipinski definition) is 2. The molecule has 0 bridgehead atoms. The number of carbonyl (C=O) groups is 2. The molecule has 1 saturated carbocycles. The molecule has 1 heterocycles. The Bertz CT molecular complexity index is 1190. The maximum atomic E-state index is 13.1. The number of amides is 2. The SMILES string of the molecule is Cc1ccccc1-n1nc(C(=O)NCc2cccc(NC(=O)C3CCCC3)c2)c2c1CCC2. The molecule has 2 amide bonds. The molecule has 3 aromatic rings. The molecule has 1 fully saturated rings. The number of carbonyl (C=O) groups excluding carboxylic acids is 2. The summed E-state index contributed by atoms with van der Waals surface area (Å²) in [6.07, 6.45) is 7.07. The highest BCUT2D eigenvalue weighted by Crippen LogP contribution is 2.29. The van der Waals surface area contributed by atoms with Gasteiger partial charge in [0.1, 0.15) is 0 Å². The second-order valence-corrected chi connectivity index (χ2v) is 9.18. The third-order valence-corrected chi connectivity index (χ3v) is 6.86. The number of aromatic nitrogens is 2. The molecule has 0 saturated heterocycles. The van der Waals surface area contributed by atoms with Gasteiger partial charge in [0, 0.05) is 29.4 Å². The Kier molecular flexibility index (Phi) is 5.99. The standard InChI is InChI=1S/C27H30N4O2/c1-18-8-2-5-14-23(18)31-24-15-7-13-22(24)25(30-31)27(33)28-17-19-9-6-12-21(16-19)29-26(32)20-10-3-4-11-20/h2,5-6,8-9,12,14,16,20H,3-4,7,10-11,13,15,17H2,1H3,(H,28,33)(H,29,32). The van der Waals surface area contributed by atoms with E-state index in [4.69, 9.17) is 5.10 Å². The molecule has 0 unspecified atom stereocenters. The lowest BCUT2D eigenvalue weighted by atomic mass is 10.1. The van der Waals surface area contributed by atoms with E-state index in [2.05, 4.69) is 23.6 Å². The topological polar surface area (TPSA) is 76.0 Å². The van der Waals surface area contributed by atoms with E-state index in [1.807, 2.05) is 47.1 Å². The fourth-order valence-corrected chi connectivity index (χ4v) is 5.08. The van der Waals surface area contributed by atoms with Crippen molar-refractivity contribution in [3.8, 4) is 5.69 Å². The molecular weight excluding hydrogens is 412 g/mol. The first-order valence-corrected chi connectivity index (χ1v) is 11.9. The van der Waals surface area contributed by atoms with Gasteiger partial charge in [0.2, 0.25) is 5.91 Å². The van der Waals surface area contributed by atoms with Crippen LogP contribution in [-0.2, 0) is 24.2 Å². The van der Waals surface area contributed by atoms with E-state index >= 15 is 0 Å². The van der Waals surface area contributed by atoms with E-state index in [9.17, 15) is 9.59 Å². The number of anilines is 1. The van der Waals surface area contributed by atoms with Crippen molar-refractivity contribution in [2.45, 2.75) is 58.4 Å². The zero-order chi connectivity index (χ0) is 22.8. The van der Waals surface area contributed by atoms with Gasteiger partial charge in [-0.05, 0) is 68.4 Å². The number of para-hydroxylation sites is 1. The van der Waals surface area contributed by atoms with Crippen LogP contribution < -0.4 is 10.6 Å². The number of hydrogen-bond acceptors (Lipinski definition) is 3. The largest absolute Gasteiger partial charge is 0.347 e. The van der Waals surface area contributed by atoms with Gasteiger partial charge >= 0.3 is 0 Å². The number of rotatable bonds is 6. The van der Waals surface area contributed by atoms with Crippen LogP contribution in [0.15, 0.2) is 48.5 Å². The van der Waals surface area contributed by atoms with Crippen molar-refractivity contribution in [3.05, 3.63) is 76.6 Å². The molecule has 0 atom stereocenters. The summed E-state index contributed by atoms with van der Waals surface area (Å²) in [4.78, 5) is 25.5. The number of nitrogens with one attached hydrogen (secondary N) is 2. The highest BCUT2D eigenvalue weighted by molar-refractivity contribution is 5.94. The highest BCUT2D eigenvalue weighted by atomic mass is 16.2. The van der Waals surface area contributed by atoms with Crippen molar-refractivity contribution in [1.29, 1.82) is 0 Å². The lowest BCUT2D eigenvalue weighted by Crippen LogP contribution is -2.24. The molecule has 0 spiro atoms. The average molecular weight is 443 g/mol. The van der Waals surface area contributed by atoms with E-state index in [1.54, 1.807) is 0 Å². The number of aryl methyl sites for hydroxylation is 1. The van der Waals surface area contributed by atoms with Crippen molar-refractivity contribution in [2.24, 2.45) is 5.92 Å². The predicted octanol–water partition coefficient (Wildman–Crippen LogP) is 4.73. The van der Waals surface area contributed by atoms with Crippen LogP contribution >= 0.6 is 0 Å². The Morgan fingerprint density at radius 2 is 1.85 bits per heavy atom. The summed E-state index contributed by atoms with van der Waals surface area (Å²) >= 11 is 0. The van der Waals surface area contributed by atoms with Crippen molar-refractivity contribution in [3.63, 3.8) is 0 Å². The minimum Gasteiger partial charge on any atom is -0.347 e. The van der Waals surface area contributed by atoms with Gasteiger partial charge in [-0.15, -0.1) is 0 Å². The minimum atomic E-state index is -0.152. The maximum Gasteiger partial charge on any atom is 0.272 e. The Hall–Kier alpha value is -3.41. The molecular formula is C27H30N4O2. The van der Waals surface area contributed by atoms with Gasteiger partial charge < -0.3 is 10.6 Å². The van der Waals surface area contributed by atoms with Gasteiger partial charge in [0.15, 0.2) is 5.69 Å². The molecule has 0 aliphatic heterocycles. The van der Waals surface area contributed by atoms with Crippen LogP contribution in [0.1, 0.15) is 65.0 Å². The van der Waals surface area contributed by atoms with Crippen molar-refractivity contribution >= 4 is 17.5 Å². The zero-order valence-electron chi connectivity index (χ0n) is 19.1. The summed E-state index contributed by atoms with van der Waals surface area (Å²) in [5, 5.41) is 10.8. The molecule has 0 radical (unpaired) electrons. The lowest BCUT2D eigenvalue weighted by molar-refractivity contribution is -0.119. The summed E-state index contributed by atoms with van der Waals surface area (Å²) in [6, 6.07) is 15.8. The fourth-order valence-electron chi connectivity index (χ4n) is 5.08. The molecule has 2 aromatic carbocycles. The molecule has 1 aromatic heterocycles. The molecule has 2 aliphatic carbocycles. The molecule has 33 heavy (non-hydrogen) atoms. The van der Waals surface area contributed by atoms with Gasteiger partial charge in [0.25, 0.3) is 5.91 Å². The van der Waals surface area contributed by atoms with E-state index in [1.165, 1.54) is 0 Å². The van der Waals surface area contributed by atoms with Crippen molar-refractivity contribution < 1.29 is 9.59 Å². The van der Waals surface area contributed by atoms with Gasteiger partial charge in [0.05, 0.1) is 5.69 Å². The minimum absolute atomic E-state index is 0.103. The van der Waals surface area contributed by atoms with Crippen molar-refractivity contribution in [1.82, 2.24) is 15.1 Å². The van der Waals surface area contributed by atoms with Crippen LogP contribution in [0.3, 0.4) is 0 Å². The van der Waals surface area contributed by atoms with Crippen LogP contribution in [0.5, 0.6) is 0 Å². The average Bonchev–Trinajstić information content (AvgIpc) is 3.56. The fraction of sp³-hybridized carbons (Fsp3) is 0.370. The molecule has 5 rings (SSSR count). The number of nitrogens with zero attached hydrogens (tertiary/aromatic N) is 2. The first-order chi connectivity index (χ1) is 16.1. The third kappa shape index (κ3) is 4.42. The molecule has 2 aliphatic rings. The first-order valence-electron chi connectivity index (χ1n) is 11.9. The van der Waals surface area contributed by atoms with E-state index in [-0.39, 0.29) is 17.7 Å². The van der Waals surface area contributed by atoms with Gasteiger partial charge in [-0.1, -0.05) is 43.2 Å². The first kappa shape index (κ1) is 21.4. The normalized spacial score (nSPS) is 15.4. The smallest absolute Gasteiger partial charge is 0.272 e. The van der Waals surface area contributed by atoms with E-state index in [0.717, 1.165) is 78.7 Å². The van der Waals surface area contributed by atoms with Crippen LogP contribution in [0.25, 0.3) is 5.69 Å². The second kappa shape index (κ2) is 9.22. The van der Waals surface area contributed by atoms with Crippen LogP contribution in [0.2, 0.25) is 0 Å². The van der Waals surface area contributed by atoms with Crippen LogP contribution in [0, 0.1) is 12.8 Å². The van der Waals surface area contributed by atoms with Crippen LogP contribution in [-0.4, -0.2) is 21.6 Å². The van der Waals surface area contributed by atoms with Crippen LogP contribution in [0.4, 0.5) is 5.69 Å². The molecule has 170 valence electrons. The van der Waals surface area contributed by atoms with Gasteiger partial charge in [-0.25, -0.2) is 4.68 Å². The summed E-state index contributed by atoms with van der Waals surface area (Å²) in [5.41, 5.74) is 6.63. The highest BCUT2D eigenvalue weighted by Gasteiger charge is 2.27. The summed E-state index contributed by atoms with van der Waals surface area (Å²) in [5.74, 6) is 0.0747. The third-order valence-electron chi connectivity index (χ3n) is 6.86. The Balaban J connectivity index is 1.29. The monoisotopic (exact) mass is 442 g/mol. The second-order valence-electron chi connectivity index (χ2n) is 9.18. The number of fused-ring (bicyclic) bond motifs is 1. The Labute approximate surface area is 194 Å². The van der Waals surface area contributed by atoms with Gasteiger partial charge in [-0.3, -0.25) is 9.59 Å². The summed E-state index contributed by atoms with van der Waals surface area (Å²) in [7, 11) is 0. The zero-order valence-corrected chi connectivity index (χ0v) is 19.1. The predicted molar refractivity (Wildman–Crippen MR) is 129 cm³/mol. The Morgan fingerprint density at radius 1 is 1.03 bits per heavy atom. The van der Waals surface area contributed by atoms with E-state index < -0.39 is 0 Å². The summed E-state index contributed by atoms with van der Waals surface area (Å²) < 4.78 is 1.95. The Morgan fingerprint density at radius 3 is 2.67 bits per heavy atom. The maximum absolute atomic E-state index is 13.1. The summed E-state index contributed by atoms with van der Waals surface area (Å²) in [6.45, 7) is 2.45. The van der Waals surface area contributed by atoms with Crippen molar-refractivity contribution in [2.75, 3.05) is 5.32 Å². The number of benzene rings is 2. The quantitative estimate of drug-likeness (QED) is 0.580. The molecule has 2 N–H and O–H groups in total.